The van der Waals surface area contributed by atoms with Crippen LogP contribution in [0, 0.1) is 0 Å². The summed E-state index contributed by atoms with van der Waals surface area (Å²) in [7, 11) is 0. The normalized spacial score (nSPS) is 18.5. The highest BCUT2D eigenvalue weighted by molar-refractivity contribution is 8.00. The summed E-state index contributed by atoms with van der Waals surface area (Å²) >= 11 is 3.96. The second kappa shape index (κ2) is 13.0. The highest BCUT2D eigenvalue weighted by atomic mass is 32.2. The van der Waals surface area contributed by atoms with Crippen LogP contribution in [0.3, 0.4) is 0 Å². The first-order valence-corrected chi connectivity index (χ1v) is 14.4. The van der Waals surface area contributed by atoms with E-state index in [0.29, 0.717) is 19.6 Å². The third-order valence-electron chi connectivity index (χ3n) is 6.57. The molecule has 2 saturated carbocycles. The molecule has 6 nitrogen and oxygen atoms in total. The Hall–Kier alpha value is -0.890. The molecule has 0 unspecified atom stereocenters. The van der Waals surface area contributed by atoms with Gasteiger partial charge in [0.25, 0.3) is 0 Å². The van der Waals surface area contributed by atoms with Crippen molar-refractivity contribution in [1.29, 1.82) is 0 Å². The fourth-order valence-corrected chi connectivity index (χ4v) is 7.34. The molecule has 2 fully saturated rings. The third-order valence-corrected chi connectivity index (χ3v) is 9.50. The molecule has 1 heterocycles. The van der Waals surface area contributed by atoms with Crippen LogP contribution in [0.2, 0.25) is 0 Å². The lowest BCUT2D eigenvalue weighted by atomic mass is 10.0. The number of hydrogen-bond acceptors (Lipinski definition) is 5. The van der Waals surface area contributed by atoms with Crippen LogP contribution >= 0.6 is 23.5 Å². The van der Waals surface area contributed by atoms with Gasteiger partial charge in [0.2, 0.25) is 0 Å². The zero-order valence-electron chi connectivity index (χ0n) is 19.1. The Morgan fingerprint density at radius 1 is 0.645 bits per heavy atom. The zero-order chi connectivity index (χ0) is 22.1. The lowest BCUT2D eigenvalue weighted by molar-refractivity contribution is 0.449. The third kappa shape index (κ3) is 7.04. The van der Waals surface area contributed by atoms with E-state index in [0.717, 1.165) is 34.8 Å². The van der Waals surface area contributed by atoms with Gasteiger partial charge in [0, 0.05) is 30.1 Å². The first kappa shape index (κ1) is 24.7. The van der Waals surface area contributed by atoms with Crippen LogP contribution in [0.15, 0.2) is 14.4 Å². The molecule has 1 aromatic rings. The highest BCUT2D eigenvalue weighted by Crippen LogP contribution is 2.29. The van der Waals surface area contributed by atoms with Gasteiger partial charge in [-0.3, -0.25) is 0 Å². The molecule has 3 rings (SSSR count). The van der Waals surface area contributed by atoms with Gasteiger partial charge in [0.05, 0.1) is 0 Å². The molecular formula is C23H39N3O3S2. The molecule has 8 heteroatoms. The van der Waals surface area contributed by atoms with Gasteiger partial charge in [-0.25, -0.2) is 28.1 Å². The van der Waals surface area contributed by atoms with Crippen molar-refractivity contribution < 1.29 is 0 Å². The maximum Gasteiger partial charge on any atom is 0.336 e. The van der Waals surface area contributed by atoms with E-state index in [9.17, 15) is 14.4 Å². The molecule has 0 aromatic carbocycles. The SMILES string of the molecule is CCn1c(=O)n(CCCSC2CCCCC2)c(=O)n(CCCSC2CCCCC2)c1=O. The molecule has 1 aromatic heterocycles. The average Bonchev–Trinajstić information content (AvgIpc) is 2.79. The molecule has 31 heavy (non-hydrogen) atoms. The molecular weight excluding hydrogens is 430 g/mol. The predicted molar refractivity (Wildman–Crippen MR) is 133 cm³/mol. The monoisotopic (exact) mass is 469 g/mol. The topological polar surface area (TPSA) is 66.0 Å². The fraction of sp³-hybridized carbons (Fsp3) is 0.870. The quantitative estimate of drug-likeness (QED) is 0.457. The van der Waals surface area contributed by atoms with E-state index in [1.807, 2.05) is 23.5 Å². The minimum atomic E-state index is -0.451. The first-order valence-electron chi connectivity index (χ1n) is 12.3. The minimum Gasteiger partial charge on any atom is -0.247 e. The average molecular weight is 470 g/mol. The summed E-state index contributed by atoms with van der Waals surface area (Å²) in [6.07, 6.45) is 14.7. The first-order chi connectivity index (χ1) is 15.1. The van der Waals surface area contributed by atoms with E-state index in [4.69, 9.17) is 0 Å². The van der Waals surface area contributed by atoms with E-state index >= 15 is 0 Å². The predicted octanol–water partition coefficient (Wildman–Crippen LogP) is 4.10. The van der Waals surface area contributed by atoms with Crippen molar-refractivity contribution in [3.05, 3.63) is 31.5 Å². The van der Waals surface area contributed by atoms with E-state index < -0.39 is 17.1 Å². The van der Waals surface area contributed by atoms with Crippen LogP contribution in [-0.2, 0) is 19.6 Å². The highest BCUT2D eigenvalue weighted by Gasteiger charge is 2.17. The van der Waals surface area contributed by atoms with Crippen LogP contribution in [0.1, 0.15) is 84.0 Å². The number of thioether (sulfide) groups is 2. The van der Waals surface area contributed by atoms with E-state index in [1.54, 1.807) is 6.92 Å². The summed E-state index contributed by atoms with van der Waals surface area (Å²) in [6, 6.07) is 0. The summed E-state index contributed by atoms with van der Waals surface area (Å²) in [5.74, 6) is 1.92. The minimum absolute atomic E-state index is 0.297. The van der Waals surface area contributed by atoms with Gasteiger partial charge in [-0.15, -0.1) is 0 Å². The summed E-state index contributed by atoms with van der Waals surface area (Å²) < 4.78 is 3.80. The standard InChI is InChI=1S/C23H39N3O3S2/c1-2-24-21(27)25(15-9-17-30-19-11-5-3-6-12-19)23(29)26(22(24)28)16-10-18-31-20-13-7-4-8-14-20/h19-20H,2-18H2,1H3. The Balaban J connectivity index is 1.58. The summed E-state index contributed by atoms with van der Waals surface area (Å²) in [5, 5.41) is 1.46. The van der Waals surface area contributed by atoms with Gasteiger partial charge in [-0.2, -0.15) is 23.5 Å². The van der Waals surface area contributed by atoms with Gasteiger partial charge in [0.1, 0.15) is 0 Å². The van der Waals surface area contributed by atoms with Gasteiger partial charge in [0.15, 0.2) is 0 Å². The van der Waals surface area contributed by atoms with Crippen molar-refractivity contribution in [2.24, 2.45) is 0 Å². The van der Waals surface area contributed by atoms with Crippen molar-refractivity contribution in [2.45, 2.75) is 114 Å². The lowest BCUT2D eigenvalue weighted by Crippen LogP contribution is -2.54. The fourth-order valence-electron chi connectivity index (χ4n) is 4.74. The summed E-state index contributed by atoms with van der Waals surface area (Å²) in [4.78, 5) is 38.4. The van der Waals surface area contributed by atoms with Gasteiger partial charge < -0.3 is 0 Å². The Labute approximate surface area is 194 Å². The Kier molecular flexibility index (Phi) is 10.4. The second-order valence-corrected chi connectivity index (χ2v) is 11.7. The molecule has 0 aliphatic heterocycles. The van der Waals surface area contributed by atoms with E-state index in [2.05, 4.69) is 0 Å². The molecule has 176 valence electrons. The van der Waals surface area contributed by atoms with Crippen molar-refractivity contribution in [3.8, 4) is 0 Å². The Morgan fingerprint density at radius 2 is 1.03 bits per heavy atom. The maximum atomic E-state index is 13.0. The van der Waals surface area contributed by atoms with Gasteiger partial charge in [-0.1, -0.05) is 38.5 Å². The number of hydrogen-bond donors (Lipinski definition) is 0. The molecule has 0 bridgehead atoms. The Bertz CT molecular complexity index is 785. The van der Waals surface area contributed by atoms with Crippen LogP contribution in [0.4, 0.5) is 0 Å². The van der Waals surface area contributed by atoms with Crippen molar-refractivity contribution in [1.82, 2.24) is 13.7 Å². The van der Waals surface area contributed by atoms with E-state index in [-0.39, 0.29) is 0 Å². The molecule has 0 saturated heterocycles. The number of rotatable bonds is 11. The van der Waals surface area contributed by atoms with Crippen LogP contribution in [0.25, 0.3) is 0 Å². The summed E-state index contributed by atoms with van der Waals surface area (Å²) in [6.45, 7) is 2.88. The second-order valence-electron chi connectivity index (χ2n) is 8.86. The molecule has 2 aliphatic carbocycles. The molecule has 0 atom stereocenters. The number of aromatic nitrogens is 3. The van der Waals surface area contributed by atoms with Crippen molar-refractivity contribution in [3.63, 3.8) is 0 Å². The van der Waals surface area contributed by atoms with E-state index in [1.165, 1.54) is 77.9 Å². The zero-order valence-corrected chi connectivity index (χ0v) is 20.7. The van der Waals surface area contributed by atoms with Crippen LogP contribution in [-0.4, -0.2) is 35.7 Å². The molecule has 0 amide bonds. The van der Waals surface area contributed by atoms with Crippen molar-refractivity contribution >= 4 is 23.5 Å². The molecule has 2 aliphatic rings. The Morgan fingerprint density at radius 3 is 1.42 bits per heavy atom. The largest absolute Gasteiger partial charge is 0.336 e. The molecule has 0 radical (unpaired) electrons. The lowest BCUT2D eigenvalue weighted by Gasteiger charge is -2.21. The van der Waals surface area contributed by atoms with Crippen LogP contribution < -0.4 is 17.1 Å². The van der Waals surface area contributed by atoms with Gasteiger partial charge >= 0.3 is 17.1 Å². The summed E-state index contributed by atoms with van der Waals surface area (Å²) in [5.41, 5.74) is -1.33. The van der Waals surface area contributed by atoms with Crippen molar-refractivity contribution in [2.75, 3.05) is 11.5 Å². The van der Waals surface area contributed by atoms with Crippen LogP contribution in [0.5, 0.6) is 0 Å². The smallest absolute Gasteiger partial charge is 0.247 e. The number of nitrogens with zero attached hydrogens (tertiary/aromatic N) is 3. The van der Waals surface area contributed by atoms with Gasteiger partial charge in [-0.05, 0) is 57.0 Å². The maximum absolute atomic E-state index is 13.0. The molecule has 0 N–H and O–H groups in total. The molecule has 0 spiro atoms.